The van der Waals surface area contributed by atoms with E-state index in [1.54, 1.807) is 12.1 Å². The molecule has 0 bridgehead atoms. The molecule has 1 aliphatic rings. The van der Waals surface area contributed by atoms with Crippen LogP contribution in [-0.2, 0) is 4.74 Å². The van der Waals surface area contributed by atoms with E-state index in [9.17, 15) is 9.59 Å². The first-order chi connectivity index (χ1) is 14.6. The Labute approximate surface area is 173 Å². The fourth-order valence-electron chi connectivity index (χ4n) is 3.68. The number of hydrogen-bond acceptors (Lipinski definition) is 6. The number of methoxy groups -OCH3 is 2. The minimum Gasteiger partial charge on any atom is -0.496 e. The maximum absolute atomic E-state index is 12.7. The van der Waals surface area contributed by atoms with Gasteiger partial charge in [-0.3, -0.25) is 9.59 Å². The minimum absolute atomic E-state index is 0.0867. The van der Waals surface area contributed by atoms with Gasteiger partial charge in [-0.25, -0.2) is 0 Å². The molecule has 3 aromatic rings. The third-order valence-corrected chi connectivity index (χ3v) is 5.31. The molecule has 1 fully saturated rings. The predicted octanol–water partition coefficient (Wildman–Crippen LogP) is 3.96. The fraction of sp³-hybridized carbons (Fsp3) is 0.304. The average Bonchev–Trinajstić information content (AvgIpc) is 2.79. The number of ether oxygens (including phenoxy) is 3. The molecule has 1 N–H and O–H groups in total. The highest BCUT2D eigenvalue weighted by atomic mass is 16.5. The van der Waals surface area contributed by atoms with Gasteiger partial charge in [-0.15, -0.1) is 0 Å². The lowest BCUT2D eigenvalue weighted by atomic mass is 9.92. The predicted molar refractivity (Wildman–Crippen MR) is 113 cm³/mol. The first-order valence-electron chi connectivity index (χ1n) is 9.78. The minimum atomic E-state index is -0.505. The number of fused-ring (bicyclic) bond motifs is 1. The summed E-state index contributed by atoms with van der Waals surface area (Å²) in [6, 6.07) is 12.1. The molecule has 1 amide bonds. The van der Waals surface area contributed by atoms with Crippen molar-refractivity contribution >= 4 is 22.6 Å². The molecule has 0 atom stereocenters. The number of amides is 1. The molecule has 2 aromatic carbocycles. The molecule has 7 nitrogen and oxygen atoms in total. The Morgan fingerprint density at radius 3 is 2.43 bits per heavy atom. The van der Waals surface area contributed by atoms with Crippen LogP contribution < -0.4 is 20.2 Å². The molecule has 0 unspecified atom stereocenters. The summed E-state index contributed by atoms with van der Waals surface area (Å²) in [7, 11) is 2.96. The number of benzene rings is 2. The van der Waals surface area contributed by atoms with E-state index >= 15 is 0 Å². The van der Waals surface area contributed by atoms with E-state index in [0.29, 0.717) is 23.1 Å². The Morgan fingerprint density at radius 2 is 1.77 bits per heavy atom. The smallest absolute Gasteiger partial charge is 0.291 e. The lowest BCUT2D eigenvalue weighted by molar-refractivity contribution is 0.0853. The van der Waals surface area contributed by atoms with Gasteiger partial charge in [0.05, 0.1) is 14.2 Å². The van der Waals surface area contributed by atoms with Crippen LogP contribution in [0.4, 0.5) is 5.69 Å². The zero-order valence-electron chi connectivity index (χ0n) is 16.9. The second-order valence-electron chi connectivity index (χ2n) is 7.14. The summed E-state index contributed by atoms with van der Waals surface area (Å²) < 4.78 is 21.6. The SMILES string of the molecule is COc1cc(OC)c2c(=O)cc(C(=O)Nc3ccc(C4CCOCC4)cc3)oc2c1. The topological polar surface area (TPSA) is 87.0 Å². The van der Waals surface area contributed by atoms with Crippen molar-refractivity contribution in [2.45, 2.75) is 18.8 Å². The highest BCUT2D eigenvalue weighted by Gasteiger charge is 2.18. The van der Waals surface area contributed by atoms with Gasteiger partial charge in [0, 0.05) is 37.1 Å². The summed E-state index contributed by atoms with van der Waals surface area (Å²) in [5, 5.41) is 3.04. The van der Waals surface area contributed by atoms with Crippen molar-refractivity contribution in [2.75, 3.05) is 32.8 Å². The fourth-order valence-corrected chi connectivity index (χ4v) is 3.68. The molecule has 1 aliphatic heterocycles. The summed E-state index contributed by atoms with van der Waals surface area (Å²) in [4.78, 5) is 25.3. The summed E-state index contributed by atoms with van der Waals surface area (Å²) in [6.45, 7) is 1.56. The molecule has 0 aliphatic carbocycles. The zero-order valence-corrected chi connectivity index (χ0v) is 16.9. The lowest BCUT2D eigenvalue weighted by Crippen LogP contribution is -2.16. The van der Waals surface area contributed by atoms with Crippen molar-refractivity contribution in [3.05, 3.63) is 64.0 Å². The van der Waals surface area contributed by atoms with Crippen LogP contribution in [0.15, 0.2) is 51.7 Å². The summed E-state index contributed by atoms with van der Waals surface area (Å²) >= 11 is 0. The standard InChI is InChI=1S/C23H23NO6/c1-27-17-11-19(28-2)22-18(25)13-21(30-20(22)12-17)23(26)24-16-5-3-14(4-6-16)15-7-9-29-10-8-15/h3-6,11-13,15H,7-10H2,1-2H3,(H,24,26). The van der Waals surface area contributed by atoms with E-state index in [4.69, 9.17) is 18.6 Å². The first-order valence-corrected chi connectivity index (χ1v) is 9.78. The average molecular weight is 409 g/mol. The summed E-state index contributed by atoms with van der Waals surface area (Å²) in [6.07, 6.45) is 2.00. The van der Waals surface area contributed by atoms with Gasteiger partial charge in [-0.2, -0.15) is 0 Å². The number of carbonyl (C=O) groups is 1. The monoisotopic (exact) mass is 409 g/mol. The highest BCUT2D eigenvalue weighted by molar-refractivity contribution is 6.03. The maximum Gasteiger partial charge on any atom is 0.291 e. The van der Waals surface area contributed by atoms with Gasteiger partial charge in [0.2, 0.25) is 0 Å². The van der Waals surface area contributed by atoms with Crippen LogP contribution in [0.2, 0.25) is 0 Å². The van der Waals surface area contributed by atoms with Crippen LogP contribution in [0, 0.1) is 0 Å². The van der Waals surface area contributed by atoms with Crippen LogP contribution in [0.25, 0.3) is 11.0 Å². The summed E-state index contributed by atoms with van der Waals surface area (Å²) in [5.41, 5.74) is 1.71. The van der Waals surface area contributed by atoms with E-state index < -0.39 is 5.91 Å². The molecule has 4 rings (SSSR count). The molecule has 1 aromatic heterocycles. The normalized spacial score (nSPS) is 14.5. The molecule has 0 radical (unpaired) electrons. The van der Waals surface area contributed by atoms with Crippen molar-refractivity contribution < 1.29 is 23.4 Å². The maximum atomic E-state index is 12.7. The van der Waals surface area contributed by atoms with E-state index in [1.807, 2.05) is 24.3 Å². The molecule has 7 heteroatoms. The van der Waals surface area contributed by atoms with E-state index in [0.717, 1.165) is 26.1 Å². The van der Waals surface area contributed by atoms with Gasteiger partial charge in [0.15, 0.2) is 11.2 Å². The molecular formula is C23H23NO6. The second-order valence-corrected chi connectivity index (χ2v) is 7.14. The zero-order chi connectivity index (χ0) is 21.1. The van der Waals surface area contributed by atoms with Gasteiger partial charge in [0.25, 0.3) is 5.91 Å². The number of nitrogens with one attached hydrogen (secondary N) is 1. The van der Waals surface area contributed by atoms with Crippen molar-refractivity contribution in [1.82, 2.24) is 0 Å². The lowest BCUT2D eigenvalue weighted by Gasteiger charge is -2.22. The molecule has 0 spiro atoms. The van der Waals surface area contributed by atoms with Crippen molar-refractivity contribution in [3.63, 3.8) is 0 Å². The van der Waals surface area contributed by atoms with Crippen LogP contribution in [0.5, 0.6) is 11.5 Å². The van der Waals surface area contributed by atoms with Crippen molar-refractivity contribution in [2.24, 2.45) is 0 Å². The van der Waals surface area contributed by atoms with Crippen LogP contribution in [-0.4, -0.2) is 33.3 Å². The van der Waals surface area contributed by atoms with Gasteiger partial charge < -0.3 is 23.9 Å². The molecule has 0 saturated carbocycles. The molecular weight excluding hydrogens is 386 g/mol. The first kappa shape index (κ1) is 20.0. The van der Waals surface area contributed by atoms with Crippen molar-refractivity contribution in [1.29, 1.82) is 0 Å². The van der Waals surface area contributed by atoms with Gasteiger partial charge in [0.1, 0.15) is 22.5 Å². The van der Waals surface area contributed by atoms with Crippen LogP contribution in [0.3, 0.4) is 0 Å². The number of anilines is 1. The third kappa shape index (κ3) is 4.02. The molecule has 2 heterocycles. The van der Waals surface area contributed by atoms with Gasteiger partial charge >= 0.3 is 0 Å². The quantitative estimate of drug-likeness (QED) is 0.686. The van der Waals surface area contributed by atoms with E-state index in [-0.39, 0.29) is 22.2 Å². The Hall–Kier alpha value is -3.32. The molecule has 30 heavy (non-hydrogen) atoms. The Kier molecular flexibility index (Phi) is 5.72. The van der Waals surface area contributed by atoms with E-state index in [1.165, 1.54) is 25.8 Å². The number of hydrogen-bond donors (Lipinski definition) is 1. The Morgan fingerprint density at radius 1 is 1.03 bits per heavy atom. The van der Waals surface area contributed by atoms with Crippen molar-refractivity contribution in [3.8, 4) is 11.5 Å². The Balaban J connectivity index is 1.58. The van der Waals surface area contributed by atoms with Gasteiger partial charge in [-0.1, -0.05) is 12.1 Å². The third-order valence-electron chi connectivity index (χ3n) is 5.31. The second kappa shape index (κ2) is 8.59. The Bertz CT molecular complexity index is 1110. The molecule has 1 saturated heterocycles. The molecule has 156 valence electrons. The largest absolute Gasteiger partial charge is 0.496 e. The number of carbonyl (C=O) groups excluding carboxylic acids is 1. The number of rotatable bonds is 5. The summed E-state index contributed by atoms with van der Waals surface area (Å²) in [5.74, 6) is 0.676. The highest BCUT2D eigenvalue weighted by Crippen LogP contribution is 2.30. The van der Waals surface area contributed by atoms with Crippen LogP contribution >= 0.6 is 0 Å². The van der Waals surface area contributed by atoms with Gasteiger partial charge in [-0.05, 0) is 36.5 Å². The van der Waals surface area contributed by atoms with Crippen LogP contribution in [0.1, 0.15) is 34.9 Å². The van der Waals surface area contributed by atoms with E-state index in [2.05, 4.69) is 5.32 Å².